The van der Waals surface area contributed by atoms with Crippen LogP contribution in [0, 0.1) is 11.8 Å². The zero-order valence-corrected chi connectivity index (χ0v) is 15.3. The molecule has 132 valence electrons. The van der Waals surface area contributed by atoms with Gasteiger partial charge in [-0.2, -0.15) is 0 Å². The van der Waals surface area contributed by atoms with Gasteiger partial charge < -0.3 is 15.2 Å². The summed E-state index contributed by atoms with van der Waals surface area (Å²) in [4.78, 5) is 11.8. The second-order valence-electron chi connectivity index (χ2n) is 7.69. The summed E-state index contributed by atoms with van der Waals surface area (Å²) < 4.78 is 6.39. The van der Waals surface area contributed by atoms with Crippen LogP contribution < -0.4 is 5.32 Å². The molecule has 1 saturated carbocycles. The first-order valence-corrected chi connectivity index (χ1v) is 9.09. The van der Waals surface area contributed by atoms with Crippen molar-refractivity contribution < 1.29 is 14.6 Å². The molecule has 2 fully saturated rings. The topological polar surface area (TPSA) is 58.6 Å². The highest BCUT2D eigenvalue weighted by molar-refractivity contribution is 6.30. The molecule has 4 nitrogen and oxygen atoms in total. The number of nitrogens with one attached hydrogen (secondary N) is 1. The standard InChI is InChI=1S/C19H26ClNO3/c1-11-4-6-15-17(8-11)24-18(10-19(15,3)21-12(2)22)14-9-13(20)5-7-16(14)23/h5,7,9,11,15,17-18,23H,4,6,8,10H2,1-3H3,(H,21,22)/t11-,15-,17-,18-,19+/m1/s1. The van der Waals surface area contributed by atoms with Crippen molar-refractivity contribution >= 4 is 17.5 Å². The van der Waals surface area contributed by atoms with Crippen LogP contribution in [0.15, 0.2) is 18.2 Å². The van der Waals surface area contributed by atoms with Gasteiger partial charge in [0.2, 0.25) is 5.91 Å². The van der Waals surface area contributed by atoms with Crippen LogP contribution in [0.25, 0.3) is 0 Å². The lowest BCUT2D eigenvalue weighted by molar-refractivity contribution is -0.153. The first kappa shape index (κ1) is 17.6. The fourth-order valence-corrected chi connectivity index (χ4v) is 4.70. The number of phenols is 1. The molecule has 1 aromatic carbocycles. The van der Waals surface area contributed by atoms with E-state index in [9.17, 15) is 9.90 Å². The molecule has 1 amide bonds. The Labute approximate surface area is 148 Å². The fraction of sp³-hybridized carbons (Fsp3) is 0.632. The zero-order valence-electron chi connectivity index (χ0n) is 14.5. The van der Waals surface area contributed by atoms with Crippen LogP contribution in [0.4, 0.5) is 0 Å². The lowest BCUT2D eigenvalue weighted by Crippen LogP contribution is -2.60. The molecule has 5 heteroatoms. The van der Waals surface area contributed by atoms with E-state index in [4.69, 9.17) is 16.3 Å². The minimum Gasteiger partial charge on any atom is -0.508 e. The molecule has 5 atom stereocenters. The normalized spacial score (nSPS) is 36.0. The molecule has 1 aliphatic carbocycles. The number of aromatic hydroxyl groups is 1. The van der Waals surface area contributed by atoms with Gasteiger partial charge in [0.15, 0.2) is 0 Å². The average molecular weight is 352 g/mol. The second kappa shape index (κ2) is 6.57. The summed E-state index contributed by atoms with van der Waals surface area (Å²) in [6.07, 6.45) is 3.65. The van der Waals surface area contributed by atoms with Crippen molar-refractivity contribution in [1.29, 1.82) is 0 Å². The number of halogens is 1. The Bertz CT molecular complexity index is 635. The van der Waals surface area contributed by atoms with Crippen molar-refractivity contribution in [3.05, 3.63) is 28.8 Å². The maximum atomic E-state index is 11.8. The fourth-order valence-electron chi connectivity index (χ4n) is 4.52. The number of phenolic OH excluding ortho intramolecular Hbond substituents is 1. The number of fused-ring (bicyclic) bond motifs is 1. The summed E-state index contributed by atoms with van der Waals surface area (Å²) in [5, 5.41) is 14.0. The molecule has 1 aromatic rings. The van der Waals surface area contributed by atoms with Crippen molar-refractivity contribution in [2.75, 3.05) is 0 Å². The number of ether oxygens (including phenoxy) is 1. The minimum absolute atomic E-state index is 0.0224. The number of hydrogen-bond donors (Lipinski definition) is 2. The van der Waals surface area contributed by atoms with Gasteiger partial charge in [0.25, 0.3) is 0 Å². The Kier molecular flexibility index (Phi) is 4.80. The maximum Gasteiger partial charge on any atom is 0.217 e. The van der Waals surface area contributed by atoms with E-state index < -0.39 is 0 Å². The number of carbonyl (C=O) groups excluding carboxylic acids is 1. The van der Waals surface area contributed by atoms with Gasteiger partial charge in [-0.3, -0.25) is 4.79 Å². The molecule has 24 heavy (non-hydrogen) atoms. The van der Waals surface area contributed by atoms with Crippen LogP contribution >= 0.6 is 11.6 Å². The Morgan fingerprint density at radius 1 is 1.42 bits per heavy atom. The van der Waals surface area contributed by atoms with Crippen LogP contribution in [-0.4, -0.2) is 22.7 Å². The van der Waals surface area contributed by atoms with Gasteiger partial charge in [0, 0.05) is 35.4 Å². The smallest absolute Gasteiger partial charge is 0.217 e. The Morgan fingerprint density at radius 3 is 2.88 bits per heavy atom. The lowest BCUT2D eigenvalue weighted by atomic mass is 9.66. The van der Waals surface area contributed by atoms with E-state index >= 15 is 0 Å². The highest BCUT2D eigenvalue weighted by Crippen LogP contribution is 2.49. The van der Waals surface area contributed by atoms with Crippen LogP contribution in [0.2, 0.25) is 5.02 Å². The van der Waals surface area contributed by atoms with Crippen LogP contribution in [0.5, 0.6) is 5.75 Å². The van der Waals surface area contributed by atoms with E-state index in [0.29, 0.717) is 28.8 Å². The Balaban J connectivity index is 1.94. The second-order valence-corrected chi connectivity index (χ2v) is 8.13. The highest BCUT2D eigenvalue weighted by Gasteiger charge is 2.49. The summed E-state index contributed by atoms with van der Waals surface area (Å²) >= 11 is 6.12. The average Bonchev–Trinajstić information content (AvgIpc) is 2.48. The zero-order chi connectivity index (χ0) is 17.5. The van der Waals surface area contributed by atoms with E-state index in [1.54, 1.807) is 25.1 Å². The van der Waals surface area contributed by atoms with E-state index in [0.717, 1.165) is 19.3 Å². The summed E-state index contributed by atoms with van der Waals surface area (Å²) in [5.74, 6) is 1.08. The summed E-state index contributed by atoms with van der Waals surface area (Å²) in [7, 11) is 0. The van der Waals surface area contributed by atoms with Gasteiger partial charge >= 0.3 is 0 Å². The number of carbonyl (C=O) groups is 1. The summed E-state index contributed by atoms with van der Waals surface area (Å²) in [6.45, 7) is 5.92. The molecule has 1 heterocycles. The number of rotatable bonds is 2. The first-order chi connectivity index (χ1) is 11.3. The molecule has 0 unspecified atom stereocenters. The Hall–Kier alpha value is -1.26. The summed E-state index contributed by atoms with van der Waals surface area (Å²) in [5.41, 5.74) is 0.365. The van der Waals surface area contributed by atoms with Crippen molar-refractivity contribution in [3.8, 4) is 5.75 Å². The van der Waals surface area contributed by atoms with Gasteiger partial charge in [-0.15, -0.1) is 0 Å². The van der Waals surface area contributed by atoms with Gasteiger partial charge in [0.05, 0.1) is 12.2 Å². The Morgan fingerprint density at radius 2 is 2.17 bits per heavy atom. The van der Waals surface area contributed by atoms with Crippen molar-refractivity contribution in [2.45, 2.75) is 64.2 Å². The molecular weight excluding hydrogens is 326 g/mol. The third kappa shape index (κ3) is 3.40. The predicted molar refractivity (Wildman–Crippen MR) is 94.1 cm³/mol. The molecule has 0 aromatic heterocycles. The van der Waals surface area contributed by atoms with E-state index in [1.807, 2.05) is 0 Å². The molecule has 1 saturated heterocycles. The third-order valence-corrected chi connectivity index (χ3v) is 5.85. The quantitative estimate of drug-likeness (QED) is 0.839. The van der Waals surface area contributed by atoms with Gasteiger partial charge in [-0.25, -0.2) is 0 Å². The van der Waals surface area contributed by atoms with E-state index in [1.165, 1.54) is 0 Å². The molecule has 0 bridgehead atoms. The molecule has 0 radical (unpaired) electrons. The van der Waals surface area contributed by atoms with E-state index in [2.05, 4.69) is 19.2 Å². The van der Waals surface area contributed by atoms with Gasteiger partial charge in [-0.05, 0) is 43.9 Å². The SMILES string of the molecule is CC(=O)N[C@@]1(C)C[C@H](c2cc(Cl)ccc2O)O[C@@H]2C[C@H](C)CC[C@H]21. The van der Waals surface area contributed by atoms with Crippen LogP contribution in [0.3, 0.4) is 0 Å². The predicted octanol–water partition coefficient (Wildman–Crippen LogP) is 4.21. The van der Waals surface area contributed by atoms with Crippen molar-refractivity contribution in [1.82, 2.24) is 5.32 Å². The largest absolute Gasteiger partial charge is 0.508 e. The molecule has 3 rings (SSSR count). The van der Waals surface area contributed by atoms with Gasteiger partial charge in [0.1, 0.15) is 5.75 Å². The van der Waals surface area contributed by atoms with Crippen molar-refractivity contribution in [2.24, 2.45) is 11.8 Å². The van der Waals surface area contributed by atoms with Gasteiger partial charge in [-0.1, -0.05) is 24.9 Å². The molecule has 2 N–H and O–H groups in total. The lowest BCUT2D eigenvalue weighted by Gasteiger charge is -2.52. The number of benzene rings is 1. The van der Waals surface area contributed by atoms with Crippen LogP contribution in [-0.2, 0) is 9.53 Å². The van der Waals surface area contributed by atoms with Crippen LogP contribution in [0.1, 0.15) is 58.1 Å². The highest BCUT2D eigenvalue weighted by atomic mass is 35.5. The van der Waals surface area contributed by atoms with Crippen molar-refractivity contribution in [3.63, 3.8) is 0 Å². The maximum absolute atomic E-state index is 11.8. The third-order valence-electron chi connectivity index (χ3n) is 5.62. The first-order valence-electron chi connectivity index (χ1n) is 8.71. The molecule has 1 aliphatic heterocycles. The molecular formula is C19H26ClNO3. The molecule has 0 spiro atoms. The number of amides is 1. The summed E-state index contributed by atoms with van der Waals surface area (Å²) in [6, 6.07) is 5.04. The number of hydrogen-bond acceptors (Lipinski definition) is 3. The monoisotopic (exact) mass is 351 g/mol. The molecule has 2 aliphatic rings. The minimum atomic E-state index is -0.339. The van der Waals surface area contributed by atoms with E-state index in [-0.39, 0.29) is 29.4 Å².